The lowest BCUT2D eigenvalue weighted by Gasteiger charge is -2.07. The molecule has 1 N–H and O–H groups in total. The van der Waals surface area contributed by atoms with Gasteiger partial charge < -0.3 is 5.32 Å². The van der Waals surface area contributed by atoms with E-state index in [1.807, 2.05) is 38.1 Å². The van der Waals surface area contributed by atoms with Crippen LogP contribution in [-0.2, 0) is 14.4 Å². The fraction of sp³-hybridized carbons (Fsp3) is 0.235. The third kappa shape index (κ3) is 6.02. The SMILES string of the molecule is CCCC(=O)Nc1ccc(-c2cc(C)ccc2Cl)cn1.O=C=O. The third-order valence-corrected chi connectivity index (χ3v) is 3.27. The number of amides is 1. The summed E-state index contributed by atoms with van der Waals surface area (Å²) in [5.41, 5.74) is 3.03. The van der Waals surface area contributed by atoms with Gasteiger partial charge in [0.2, 0.25) is 5.91 Å². The summed E-state index contributed by atoms with van der Waals surface area (Å²) in [4.78, 5) is 32.0. The van der Waals surface area contributed by atoms with E-state index in [4.69, 9.17) is 21.2 Å². The zero-order valence-corrected chi connectivity index (χ0v) is 13.7. The first-order chi connectivity index (χ1) is 11.0. The second-order valence-corrected chi connectivity index (χ2v) is 5.20. The average Bonchev–Trinajstić information content (AvgIpc) is 2.52. The quantitative estimate of drug-likeness (QED) is 0.922. The molecule has 0 saturated carbocycles. The minimum Gasteiger partial charge on any atom is -0.311 e. The topological polar surface area (TPSA) is 76.1 Å². The largest absolute Gasteiger partial charge is 0.373 e. The predicted molar refractivity (Wildman–Crippen MR) is 88.0 cm³/mol. The van der Waals surface area contributed by atoms with E-state index in [0.29, 0.717) is 17.3 Å². The Balaban J connectivity index is 0.000000816. The normalized spacial score (nSPS) is 9.35. The van der Waals surface area contributed by atoms with E-state index in [0.717, 1.165) is 23.1 Å². The fourth-order valence-electron chi connectivity index (χ4n) is 1.92. The number of anilines is 1. The van der Waals surface area contributed by atoms with Gasteiger partial charge in [-0.1, -0.05) is 30.2 Å². The molecule has 2 rings (SSSR count). The van der Waals surface area contributed by atoms with Crippen molar-refractivity contribution in [2.45, 2.75) is 26.7 Å². The highest BCUT2D eigenvalue weighted by atomic mass is 35.5. The van der Waals surface area contributed by atoms with Gasteiger partial charge in [-0.15, -0.1) is 0 Å². The van der Waals surface area contributed by atoms with Crippen molar-refractivity contribution in [1.82, 2.24) is 4.98 Å². The first kappa shape index (κ1) is 18.6. The van der Waals surface area contributed by atoms with Crippen molar-refractivity contribution in [3.8, 4) is 11.1 Å². The summed E-state index contributed by atoms with van der Waals surface area (Å²) < 4.78 is 0. The van der Waals surface area contributed by atoms with Crippen LogP contribution in [0.5, 0.6) is 0 Å². The highest BCUT2D eigenvalue weighted by molar-refractivity contribution is 6.33. The van der Waals surface area contributed by atoms with Crippen LogP contribution in [-0.4, -0.2) is 17.0 Å². The molecule has 5 nitrogen and oxygen atoms in total. The number of aromatic nitrogens is 1. The maximum Gasteiger partial charge on any atom is 0.373 e. The van der Waals surface area contributed by atoms with E-state index in [9.17, 15) is 4.79 Å². The molecule has 1 heterocycles. The van der Waals surface area contributed by atoms with Crippen molar-refractivity contribution in [1.29, 1.82) is 0 Å². The Kier molecular flexibility index (Phi) is 7.67. The van der Waals surface area contributed by atoms with Gasteiger partial charge in [-0.2, -0.15) is 9.59 Å². The highest BCUT2D eigenvalue weighted by Gasteiger charge is 2.06. The Morgan fingerprint density at radius 3 is 2.52 bits per heavy atom. The number of carbonyl (C=O) groups excluding carboxylic acids is 3. The maximum atomic E-state index is 11.5. The zero-order valence-electron chi connectivity index (χ0n) is 12.9. The van der Waals surface area contributed by atoms with Crippen LogP contribution < -0.4 is 5.32 Å². The molecule has 0 saturated heterocycles. The molecule has 6 heteroatoms. The molecular formula is C17H17ClN2O3. The van der Waals surface area contributed by atoms with Crippen molar-refractivity contribution in [3.63, 3.8) is 0 Å². The second kappa shape index (κ2) is 9.51. The molecule has 0 spiro atoms. The summed E-state index contributed by atoms with van der Waals surface area (Å²) >= 11 is 6.20. The first-order valence-electron chi connectivity index (χ1n) is 7.03. The Bertz CT molecular complexity index is 693. The Morgan fingerprint density at radius 2 is 1.96 bits per heavy atom. The van der Waals surface area contributed by atoms with Crippen LogP contribution in [0.4, 0.5) is 5.82 Å². The number of hydrogen-bond acceptors (Lipinski definition) is 4. The molecule has 23 heavy (non-hydrogen) atoms. The van der Waals surface area contributed by atoms with Gasteiger partial charge in [-0.05, 0) is 37.6 Å². The van der Waals surface area contributed by atoms with Crippen LogP contribution in [0.2, 0.25) is 5.02 Å². The van der Waals surface area contributed by atoms with Crippen molar-refractivity contribution < 1.29 is 14.4 Å². The lowest BCUT2D eigenvalue weighted by molar-refractivity contribution is -0.191. The van der Waals surface area contributed by atoms with E-state index in [-0.39, 0.29) is 12.1 Å². The summed E-state index contributed by atoms with van der Waals surface area (Å²) in [6.07, 6.45) is 3.30. The van der Waals surface area contributed by atoms with Gasteiger partial charge in [0.05, 0.1) is 0 Å². The van der Waals surface area contributed by atoms with Crippen LogP contribution in [0.15, 0.2) is 36.5 Å². The number of nitrogens with one attached hydrogen (secondary N) is 1. The van der Waals surface area contributed by atoms with Gasteiger partial charge in [-0.3, -0.25) is 4.79 Å². The Morgan fingerprint density at radius 1 is 1.26 bits per heavy atom. The molecule has 1 aromatic heterocycles. The van der Waals surface area contributed by atoms with E-state index in [2.05, 4.69) is 10.3 Å². The number of carbonyl (C=O) groups is 1. The number of halogens is 1. The van der Waals surface area contributed by atoms with E-state index in [1.54, 1.807) is 12.3 Å². The van der Waals surface area contributed by atoms with Gasteiger partial charge in [0.1, 0.15) is 5.82 Å². The van der Waals surface area contributed by atoms with Gasteiger partial charge in [0, 0.05) is 28.8 Å². The molecule has 1 amide bonds. The monoisotopic (exact) mass is 332 g/mol. The number of hydrogen-bond donors (Lipinski definition) is 1. The Labute approximate surface area is 139 Å². The van der Waals surface area contributed by atoms with Crippen LogP contribution in [0.25, 0.3) is 11.1 Å². The average molecular weight is 333 g/mol. The smallest absolute Gasteiger partial charge is 0.311 e. The maximum absolute atomic E-state index is 11.5. The van der Waals surface area contributed by atoms with Gasteiger partial charge in [0.15, 0.2) is 0 Å². The highest BCUT2D eigenvalue weighted by Crippen LogP contribution is 2.28. The number of rotatable bonds is 4. The summed E-state index contributed by atoms with van der Waals surface area (Å²) in [7, 11) is 0. The molecule has 0 atom stereocenters. The van der Waals surface area contributed by atoms with Gasteiger partial charge >= 0.3 is 6.15 Å². The minimum atomic E-state index is -0.0127. The molecule has 120 valence electrons. The van der Waals surface area contributed by atoms with Crippen molar-refractivity contribution in [3.05, 3.63) is 47.1 Å². The molecule has 2 aromatic rings. The number of nitrogens with zero attached hydrogens (tertiary/aromatic N) is 1. The van der Waals surface area contributed by atoms with E-state index < -0.39 is 0 Å². The lowest BCUT2D eigenvalue weighted by Crippen LogP contribution is -2.11. The van der Waals surface area contributed by atoms with Crippen LogP contribution in [0.3, 0.4) is 0 Å². The van der Waals surface area contributed by atoms with Crippen LogP contribution in [0.1, 0.15) is 25.3 Å². The molecule has 0 fully saturated rings. The summed E-state index contributed by atoms with van der Waals surface area (Å²) in [6, 6.07) is 9.58. The number of benzene rings is 1. The van der Waals surface area contributed by atoms with Crippen LogP contribution in [0, 0.1) is 6.92 Å². The lowest BCUT2D eigenvalue weighted by atomic mass is 10.1. The molecule has 0 radical (unpaired) electrons. The summed E-state index contributed by atoms with van der Waals surface area (Å²) in [5.74, 6) is 0.553. The second-order valence-electron chi connectivity index (χ2n) is 4.80. The minimum absolute atomic E-state index is 0.0127. The summed E-state index contributed by atoms with van der Waals surface area (Å²) in [5, 5.41) is 3.46. The van der Waals surface area contributed by atoms with Crippen molar-refractivity contribution in [2.24, 2.45) is 0 Å². The molecule has 0 aliphatic heterocycles. The fourth-order valence-corrected chi connectivity index (χ4v) is 2.15. The van der Waals surface area contributed by atoms with Crippen LogP contribution >= 0.6 is 11.6 Å². The zero-order chi connectivity index (χ0) is 17.2. The predicted octanol–water partition coefficient (Wildman–Crippen LogP) is 3.87. The molecule has 0 aliphatic carbocycles. The molecular weight excluding hydrogens is 316 g/mol. The van der Waals surface area contributed by atoms with Gasteiger partial charge in [-0.25, -0.2) is 4.98 Å². The Hall–Kier alpha value is -2.49. The molecule has 0 bridgehead atoms. The van der Waals surface area contributed by atoms with E-state index >= 15 is 0 Å². The summed E-state index contributed by atoms with van der Waals surface area (Å²) in [6.45, 7) is 3.99. The molecule has 0 unspecified atom stereocenters. The first-order valence-corrected chi connectivity index (χ1v) is 7.41. The van der Waals surface area contributed by atoms with E-state index in [1.165, 1.54) is 0 Å². The molecule has 0 aliphatic rings. The molecule has 1 aromatic carbocycles. The third-order valence-electron chi connectivity index (χ3n) is 2.94. The van der Waals surface area contributed by atoms with Crippen molar-refractivity contribution in [2.75, 3.05) is 5.32 Å². The van der Waals surface area contributed by atoms with Crippen molar-refractivity contribution >= 4 is 29.5 Å². The van der Waals surface area contributed by atoms with Gasteiger partial charge in [0.25, 0.3) is 0 Å². The number of pyridine rings is 1. The number of aryl methyl sites for hydroxylation is 1. The standard InChI is InChI=1S/C16H17ClN2O.CO2/c1-3-4-16(20)19-15-8-6-12(10-18-15)13-9-11(2)5-7-14(13)17;2-1-3/h5-10H,3-4H2,1-2H3,(H,18,19,20);.